The fraction of sp³-hybridized carbons (Fsp3) is 0.0714. The first-order chi connectivity index (χ1) is 9.63. The lowest BCUT2D eigenvalue weighted by molar-refractivity contribution is 0.0694. The Kier molecular flexibility index (Phi) is 3.23. The molecule has 0 saturated carbocycles. The molecule has 2 aromatic carbocycles. The molecule has 0 aromatic heterocycles. The normalized spacial score (nSPS) is 12.2. The molecule has 20 heavy (non-hydrogen) atoms. The highest BCUT2D eigenvalue weighted by molar-refractivity contribution is 9.10. The number of benzene rings is 2. The minimum atomic E-state index is -1.05. The maximum atomic E-state index is 11.2. The van der Waals surface area contributed by atoms with E-state index >= 15 is 0 Å². The number of carboxylic acids is 1. The number of ether oxygens (including phenoxy) is 3. The van der Waals surface area contributed by atoms with Crippen LogP contribution in [0.25, 0.3) is 0 Å². The zero-order valence-corrected chi connectivity index (χ0v) is 11.7. The van der Waals surface area contributed by atoms with Crippen molar-refractivity contribution >= 4 is 21.9 Å². The minimum Gasteiger partial charge on any atom is -0.478 e. The molecule has 1 aliphatic heterocycles. The standard InChI is InChI=1S/C14H9BrO5/c15-8-1-3-11(10(5-8)14(16)17)20-9-2-4-12-13(6-9)19-7-18-12/h1-6H,7H2,(H,16,17). The van der Waals surface area contributed by atoms with Gasteiger partial charge in [-0.3, -0.25) is 0 Å². The SMILES string of the molecule is O=C(O)c1cc(Br)ccc1Oc1ccc2c(c1)OCO2. The van der Waals surface area contributed by atoms with Crippen molar-refractivity contribution in [3.05, 3.63) is 46.4 Å². The summed E-state index contributed by atoms with van der Waals surface area (Å²) in [5.41, 5.74) is 0.0806. The second kappa shape index (κ2) is 5.05. The van der Waals surface area contributed by atoms with E-state index in [2.05, 4.69) is 15.9 Å². The van der Waals surface area contributed by atoms with Gasteiger partial charge < -0.3 is 19.3 Å². The van der Waals surface area contributed by atoms with Crippen LogP contribution in [0.5, 0.6) is 23.0 Å². The highest BCUT2D eigenvalue weighted by Crippen LogP contribution is 2.37. The number of rotatable bonds is 3. The maximum absolute atomic E-state index is 11.2. The molecule has 0 atom stereocenters. The van der Waals surface area contributed by atoms with Gasteiger partial charge in [0.05, 0.1) is 0 Å². The summed E-state index contributed by atoms with van der Waals surface area (Å²) in [7, 11) is 0. The quantitative estimate of drug-likeness (QED) is 0.926. The molecule has 3 rings (SSSR count). The molecule has 6 heteroatoms. The van der Waals surface area contributed by atoms with Crippen molar-refractivity contribution < 1.29 is 24.1 Å². The molecule has 2 aromatic rings. The molecular weight excluding hydrogens is 328 g/mol. The van der Waals surface area contributed by atoms with Crippen LogP contribution in [-0.4, -0.2) is 17.9 Å². The van der Waals surface area contributed by atoms with Crippen molar-refractivity contribution in [3.8, 4) is 23.0 Å². The van der Waals surface area contributed by atoms with E-state index in [4.69, 9.17) is 14.2 Å². The summed E-state index contributed by atoms with van der Waals surface area (Å²) in [5.74, 6) is 0.920. The summed E-state index contributed by atoms with van der Waals surface area (Å²) >= 11 is 3.24. The summed E-state index contributed by atoms with van der Waals surface area (Å²) < 4.78 is 16.7. The number of halogens is 1. The van der Waals surface area contributed by atoms with Crippen LogP contribution in [0.15, 0.2) is 40.9 Å². The Morgan fingerprint density at radius 2 is 1.95 bits per heavy atom. The average Bonchev–Trinajstić information content (AvgIpc) is 2.88. The van der Waals surface area contributed by atoms with Crippen LogP contribution in [0, 0.1) is 0 Å². The molecule has 0 amide bonds. The maximum Gasteiger partial charge on any atom is 0.339 e. The zero-order chi connectivity index (χ0) is 14.1. The van der Waals surface area contributed by atoms with Gasteiger partial charge >= 0.3 is 5.97 Å². The van der Waals surface area contributed by atoms with Gasteiger partial charge in [-0.1, -0.05) is 15.9 Å². The second-order valence-corrected chi connectivity index (χ2v) is 4.98. The third kappa shape index (κ3) is 2.42. The topological polar surface area (TPSA) is 65.0 Å². The van der Waals surface area contributed by atoms with Crippen molar-refractivity contribution in [1.82, 2.24) is 0 Å². The average molecular weight is 337 g/mol. The van der Waals surface area contributed by atoms with Gasteiger partial charge in [-0.25, -0.2) is 4.79 Å². The van der Waals surface area contributed by atoms with Gasteiger partial charge in [0.2, 0.25) is 6.79 Å². The highest BCUT2D eigenvalue weighted by atomic mass is 79.9. The van der Waals surface area contributed by atoms with Crippen LogP contribution in [-0.2, 0) is 0 Å². The van der Waals surface area contributed by atoms with Crippen LogP contribution in [0.1, 0.15) is 10.4 Å². The van der Waals surface area contributed by atoms with Gasteiger partial charge in [0, 0.05) is 10.5 Å². The number of carboxylic acid groups (broad SMARTS) is 1. The molecule has 1 N–H and O–H groups in total. The highest BCUT2D eigenvalue weighted by Gasteiger charge is 2.16. The Balaban J connectivity index is 1.93. The molecule has 0 saturated heterocycles. The van der Waals surface area contributed by atoms with Crippen LogP contribution < -0.4 is 14.2 Å². The minimum absolute atomic E-state index is 0.0806. The summed E-state index contributed by atoms with van der Waals surface area (Å²) in [4.78, 5) is 11.2. The first kappa shape index (κ1) is 12.8. The van der Waals surface area contributed by atoms with Gasteiger partial charge in [-0.15, -0.1) is 0 Å². The van der Waals surface area contributed by atoms with E-state index in [0.717, 1.165) is 0 Å². The molecule has 5 nitrogen and oxygen atoms in total. The van der Waals surface area contributed by atoms with Gasteiger partial charge in [-0.05, 0) is 30.3 Å². The van der Waals surface area contributed by atoms with Gasteiger partial charge in [0.25, 0.3) is 0 Å². The molecule has 0 radical (unpaired) electrons. The first-order valence-corrected chi connectivity index (χ1v) is 6.53. The molecular formula is C14H9BrO5. The Morgan fingerprint density at radius 3 is 2.75 bits per heavy atom. The van der Waals surface area contributed by atoms with Gasteiger partial charge in [-0.2, -0.15) is 0 Å². The summed E-state index contributed by atoms with van der Waals surface area (Å²) in [6.45, 7) is 0.178. The van der Waals surface area contributed by atoms with Crippen molar-refractivity contribution in [2.45, 2.75) is 0 Å². The second-order valence-electron chi connectivity index (χ2n) is 4.06. The Bertz CT molecular complexity index is 683. The third-order valence-electron chi connectivity index (χ3n) is 2.74. The van der Waals surface area contributed by atoms with Crippen molar-refractivity contribution in [3.63, 3.8) is 0 Å². The fourth-order valence-electron chi connectivity index (χ4n) is 1.83. The van der Waals surface area contributed by atoms with E-state index in [0.29, 0.717) is 21.7 Å². The molecule has 0 aliphatic carbocycles. The Hall–Kier alpha value is -2.21. The summed E-state index contributed by atoms with van der Waals surface area (Å²) in [6, 6.07) is 9.88. The molecule has 102 valence electrons. The van der Waals surface area contributed by atoms with E-state index in [1.165, 1.54) is 6.07 Å². The van der Waals surface area contributed by atoms with E-state index in [1.807, 2.05) is 0 Å². The van der Waals surface area contributed by atoms with Crippen molar-refractivity contribution in [2.24, 2.45) is 0 Å². The Morgan fingerprint density at radius 1 is 1.15 bits per heavy atom. The van der Waals surface area contributed by atoms with E-state index < -0.39 is 5.97 Å². The number of hydrogen-bond acceptors (Lipinski definition) is 4. The van der Waals surface area contributed by atoms with Crippen LogP contribution in [0.3, 0.4) is 0 Å². The molecule has 1 aliphatic rings. The van der Waals surface area contributed by atoms with Crippen molar-refractivity contribution in [2.75, 3.05) is 6.79 Å². The summed E-state index contributed by atoms with van der Waals surface area (Å²) in [6.07, 6.45) is 0. The van der Waals surface area contributed by atoms with Gasteiger partial charge in [0.15, 0.2) is 11.5 Å². The van der Waals surface area contributed by atoms with E-state index in [1.54, 1.807) is 30.3 Å². The predicted octanol–water partition coefficient (Wildman–Crippen LogP) is 3.67. The fourth-order valence-corrected chi connectivity index (χ4v) is 2.19. The lowest BCUT2D eigenvalue weighted by atomic mass is 10.2. The Labute approximate surface area is 122 Å². The summed E-state index contributed by atoms with van der Waals surface area (Å²) in [5, 5.41) is 9.18. The van der Waals surface area contributed by atoms with Crippen LogP contribution in [0.2, 0.25) is 0 Å². The number of hydrogen-bond donors (Lipinski definition) is 1. The lowest BCUT2D eigenvalue weighted by Gasteiger charge is -2.09. The number of aromatic carboxylic acids is 1. The van der Waals surface area contributed by atoms with Gasteiger partial charge in [0.1, 0.15) is 17.1 Å². The lowest BCUT2D eigenvalue weighted by Crippen LogP contribution is -2.00. The predicted molar refractivity (Wildman–Crippen MR) is 73.7 cm³/mol. The third-order valence-corrected chi connectivity index (χ3v) is 3.24. The number of carbonyl (C=O) groups is 1. The number of fused-ring (bicyclic) bond motifs is 1. The van der Waals surface area contributed by atoms with E-state index in [9.17, 15) is 9.90 Å². The molecule has 1 heterocycles. The van der Waals surface area contributed by atoms with Crippen molar-refractivity contribution in [1.29, 1.82) is 0 Å². The molecule has 0 fully saturated rings. The van der Waals surface area contributed by atoms with E-state index in [-0.39, 0.29) is 18.1 Å². The molecule has 0 spiro atoms. The smallest absolute Gasteiger partial charge is 0.339 e. The molecule has 0 bridgehead atoms. The van der Waals surface area contributed by atoms with Crippen LogP contribution in [0.4, 0.5) is 0 Å². The monoisotopic (exact) mass is 336 g/mol. The zero-order valence-electron chi connectivity index (χ0n) is 10.1. The van der Waals surface area contributed by atoms with Crippen LogP contribution >= 0.6 is 15.9 Å². The largest absolute Gasteiger partial charge is 0.478 e. The molecule has 0 unspecified atom stereocenters. The first-order valence-electron chi connectivity index (χ1n) is 5.74.